The Kier molecular flexibility index (Phi) is 5.28. The summed E-state index contributed by atoms with van der Waals surface area (Å²) in [6.07, 6.45) is 0.214. The number of carboxylic acid groups (broad SMARTS) is 1. The van der Waals surface area contributed by atoms with Gasteiger partial charge in [0.05, 0.1) is 5.52 Å². The number of benzene rings is 2. The molecule has 6 heteroatoms. The van der Waals surface area contributed by atoms with E-state index in [1.165, 1.54) is 0 Å². The number of hydrogen-bond donors (Lipinski definition) is 2. The molecule has 0 fully saturated rings. The maximum Gasteiger partial charge on any atom is 0.326 e. The van der Waals surface area contributed by atoms with Gasteiger partial charge in [0.2, 0.25) is 0 Å². The van der Waals surface area contributed by atoms with Gasteiger partial charge in [0, 0.05) is 15.4 Å². The number of para-hydroxylation sites is 1. The molecule has 0 bridgehead atoms. The number of nitrogens with one attached hydrogen (secondary N) is 1. The topological polar surface area (TPSA) is 79.3 Å². The predicted molar refractivity (Wildman–Crippen MR) is 103 cm³/mol. The van der Waals surface area contributed by atoms with Crippen LogP contribution in [0.5, 0.6) is 0 Å². The third kappa shape index (κ3) is 4.33. The lowest BCUT2D eigenvalue weighted by atomic mass is 10.1. The molecule has 0 saturated heterocycles. The summed E-state index contributed by atoms with van der Waals surface area (Å²) in [5.41, 5.74) is 1.75. The van der Waals surface area contributed by atoms with Gasteiger partial charge in [-0.2, -0.15) is 0 Å². The Hall–Kier alpha value is -2.48. The maximum absolute atomic E-state index is 12.4. The van der Waals surface area contributed by atoms with Crippen LogP contribution in [-0.4, -0.2) is 28.0 Å². The van der Waals surface area contributed by atoms with E-state index in [0.717, 1.165) is 14.5 Å². The maximum atomic E-state index is 12.4. The number of aromatic nitrogens is 1. The van der Waals surface area contributed by atoms with Gasteiger partial charge in [0.15, 0.2) is 0 Å². The van der Waals surface area contributed by atoms with Gasteiger partial charge >= 0.3 is 5.97 Å². The van der Waals surface area contributed by atoms with Crippen molar-refractivity contribution in [3.8, 4) is 0 Å². The van der Waals surface area contributed by atoms with Gasteiger partial charge in [-0.1, -0.05) is 36.4 Å². The Bertz CT molecular complexity index is 943. The van der Waals surface area contributed by atoms with Crippen LogP contribution in [0.15, 0.2) is 60.7 Å². The summed E-state index contributed by atoms with van der Waals surface area (Å²) in [5, 5.41) is 12.9. The van der Waals surface area contributed by atoms with Gasteiger partial charge < -0.3 is 10.4 Å². The van der Waals surface area contributed by atoms with E-state index in [-0.39, 0.29) is 12.1 Å². The van der Waals surface area contributed by atoms with Crippen molar-refractivity contribution in [1.82, 2.24) is 10.3 Å². The van der Waals surface area contributed by atoms with Crippen LogP contribution in [0.4, 0.5) is 0 Å². The molecule has 1 amide bonds. The zero-order valence-electron chi connectivity index (χ0n) is 13.1. The lowest BCUT2D eigenvalue weighted by Crippen LogP contribution is -2.42. The van der Waals surface area contributed by atoms with Gasteiger partial charge in [-0.3, -0.25) is 4.79 Å². The van der Waals surface area contributed by atoms with Crippen molar-refractivity contribution in [2.75, 3.05) is 0 Å². The number of rotatable bonds is 5. The zero-order chi connectivity index (χ0) is 17.8. The number of nitrogens with zero attached hydrogens (tertiary/aromatic N) is 1. The van der Waals surface area contributed by atoms with Crippen molar-refractivity contribution in [3.05, 3.63) is 75.5 Å². The molecule has 0 radical (unpaired) electrons. The summed E-state index contributed by atoms with van der Waals surface area (Å²) >= 11 is 2.17. The molecule has 1 heterocycles. The van der Waals surface area contributed by atoms with Gasteiger partial charge in [-0.25, -0.2) is 9.78 Å². The highest BCUT2D eigenvalue weighted by Gasteiger charge is 2.22. The minimum atomic E-state index is -1.08. The highest BCUT2D eigenvalue weighted by Crippen LogP contribution is 2.13. The summed E-state index contributed by atoms with van der Waals surface area (Å²) in [6.45, 7) is 0. The molecular weight excluding hydrogens is 431 g/mol. The molecule has 3 rings (SSSR count). The average Bonchev–Trinajstić information content (AvgIpc) is 2.60. The first-order valence-electron chi connectivity index (χ1n) is 7.67. The quantitative estimate of drug-likeness (QED) is 0.590. The Morgan fingerprint density at radius 1 is 1.08 bits per heavy atom. The van der Waals surface area contributed by atoms with Gasteiger partial charge in [-0.15, -0.1) is 0 Å². The molecule has 0 aliphatic rings. The van der Waals surface area contributed by atoms with E-state index in [9.17, 15) is 14.7 Å². The standard InChI is InChI=1S/C19H15IN2O3/c20-14-6-3-4-12(10-14)11-17(19(24)25)22-18(23)16-9-8-13-5-1-2-7-15(13)21-16/h1-10,17H,11H2,(H,22,23)(H,24,25)/t17-/m0/s1. The number of carbonyl (C=O) groups is 2. The molecule has 25 heavy (non-hydrogen) atoms. The second-order valence-electron chi connectivity index (χ2n) is 5.59. The number of fused-ring (bicyclic) bond motifs is 1. The molecule has 1 atom stereocenters. The van der Waals surface area contributed by atoms with Crippen LogP contribution >= 0.6 is 22.6 Å². The number of hydrogen-bond acceptors (Lipinski definition) is 3. The summed E-state index contributed by atoms with van der Waals surface area (Å²) in [6, 6.07) is 17.4. The largest absolute Gasteiger partial charge is 0.480 e. The van der Waals surface area contributed by atoms with E-state index < -0.39 is 17.9 Å². The lowest BCUT2D eigenvalue weighted by molar-refractivity contribution is -0.139. The summed E-state index contributed by atoms with van der Waals surface area (Å²) in [5.74, 6) is -1.57. The second-order valence-corrected chi connectivity index (χ2v) is 6.83. The van der Waals surface area contributed by atoms with E-state index in [1.807, 2.05) is 48.5 Å². The number of carbonyl (C=O) groups excluding carboxylic acids is 1. The Morgan fingerprint density at radius 2 is 1.88 bits per heavy atom. The number of pyridine rings is 1. The van der Waals surface area contributed by atoms with Gasteiger partial charge in [0.25, 0.3) is 5.91 Å². The van der Waals surface area contributed by atoms with Crippen LogP contribution < -0.4 is 5.32 Å². The van der Waals surface area contributed by atoms with E-state index in [4.69, 9.17) is 0 Å². The third-order valence-electron chi connectivity index (χ3n) is 3.76. The first kappa shape index (κ1) is 17.3. The van der Waals surface area contributed by atoms with Crippen molar-refractivity contribution in [3.63, 3.8) is 0 Å². The van der Waals surface area contributed by atoms with Crippen LogP contribution in [0.3, 0.4) is 0 Å². The first-order chi connectivity index (χ1) is 12.0. The Labute approximate surface area is 158 Å². The fourth-order valence-electron chi connectivity index (χ4n) is 2.52. The number of aliphatic carboxylic acids is 1. The minimum absolute atomic E-state index is 0.201. The monoisotopic (exact) mass is 446 g/mol. The fourth-order valence-corrected chi connectivity index (χ4v) is 3.13. The van der Waals surface area contributed by atoms with E-state index in [1.54, 1.807) is 12.1 Å². The second kappa shape index (κ2) is 7.60. The highest BCUT2D eigenvalue weighted by molar-refractivity contribution is 14.1. The normalized spacial score (nSPS) is 11.9. The van der Waals surface area contributed by atoms with Crippen molar-refractivity contribution >= 4 is 45.4 Å². The smallest absolute Gasteiger partial charge is 0.326 e. The zero-order valence-corrected chi connectivity index (χ0v) is 15.3. The molecule has 0 spiro atoms. The molecule has 0 aliphatic carbocycles. The van der Waals surface area contributed by atoms with E-state index in [2.05, 4.69) is 32.9 Å². The van der Waals surface area contributed by atoms with Crippen molar-refractivity contribution < 1.29 is 14.7 Å². The molecule has 126 valence electrons. The van der Waals surface area contributed by atoms with Crippen LogP contribution in [0.2, 0.25) is 0 Å². The van der Waals surface area contributed by atoms with Crippen LogP contribution in [0.25, 0.3) is 10.9 Å². The summed E-state index contributed by atoms with van der Waals surface area (Å²) < 4.78 is 1.02. The molecule has 1 aromatic heterocycles. The number of halogens is 1. The van der Waals surface area contributed by atoms with Gasteiger partial charge in [-0.05, 0) is 52.4 Å². The molecule has 2 aromatic carbocycles. The third-order valence-corrected chi connectivity index (χ3v) is 4.43. The predicted octanol–water partition coefficient (Wildman–Crippen LogP) is 3.27. The van der Waals surface area contributed by atoms with E-state index >= 15 is 0 Å². The fraction of sp³-hybridized carbons (Fsp3) is 0.105. The van der Waals surface area contributed by atoms with Crippen molar-refractivity contribution in [1.29, 1.82) is 0 Å². The number of carboxylic acids is 1. The van der Waals surface area contributed by atoms with Crippen LogP contribution in [0.1, 0.15) is 16.1 Å². The van der Waals surface area contributed by atoms with Crippen molar-refractivity contribution in [2.45, 2.75) is 12.5 Å². The SMILES string of the molecule is O=C(N[C@@H](Cc1cccc(I)c1)C(=O)O)c1ccc2ccccc2n1. The van der Waals surface area contributed by atoms with Crippen LogP contribution in [0, 0.1) is 3.57 Å². The highest BCUT2D eigenvalue weighted by atomic mass is 127. The average molecular weight is 446 g/mol. The molecule has 3 aromatic rings. The number of amides is 1. The first-order valence-corrected chi connectivity index (χ1v) is 8.75. The molecule has 0 saturated carbocycles. The summed E-state index contributed by atoms with van der Waals surface area (Å²) in [4.78, 5) is 28.3. The molecule has 0 aliphatic heterocycles. The van der Waals surface area contributed by atoms with Gasteiger partial charge in [0.1, 0.15) is 11.7 Å². The Morgan fingerprint density at radius 3 is 2.64 bits per heavy atom. The van der Waals surface area contributed by atoms with E-state index in [0.29, 0.717) is 5.52 Å². The molecular formula is C19H15IN2O3. The minimum Gasteiger partial charge on any atom is -0.480 e. The van der Waals surface area contributed by atoms with Crippen molar-refractivity contribution in [2.24, 2.45) is 0 Å². The molecule has 0 unspecified atom stereocenters. The molecule has 5 nitrogen and oxygen atoms in total. The lowest BCUT2D eigenvalue weighted by Gasteiger charge is -2.15. The van der Waals surface area contributed by atoms with Crippen LogP contribution in [-0.2, 0) is 11.2 Å². The summed E-state index contributed by atoms with van der Waals surface area (Å²) in [7, 11) is 0. The molecule has 2 N–H and O–H groups in total. The Balaban J connectivity index is 1.78.